The molecule has 0 aliphatic carbocycles. The Balaban J connectivity index is 1.63. The molecule has 1 amide bonds. The third kappa shape index (κ3) is 6.29. The summed E-state index contributed by atoms with van der Waals surface area (Å²) in [5.41, 5.74) is 0.822. The molecule has 1 unspecified atom stereocenters. The molecule has 6 nitrogen and oxygen atoms in total. The third-order valence-electron chi connectivity index (χ3n) is 4.41. The van der Waals surface area contributed by atoms with Crippen LogP contribution in [0.2, 0.25) is 5.02 Å². The zero-order valence-corrected chi connectivity index (χ0v) is 20.0. The van der Waals surface area contributed by atoms with Crippen molar-refractivity contribution < 1.29 is 22.3 Å². The first kappa shape index (κ1) is 24.2. The standard InChI is InChI=1S/C22H19BrClFN2O4S/c1-14(15-5-3-2-4-6-15)27-32(29,30)17-8-10-21(18(24)12-17)31-13-22(28)26-20-9-7-16(23)11-19(20)25/h2-12,14,27H,13H2,1H3,(H,26,28). The first-order valence-electron chi connectivity index (χ1n) is 9.40. The molecule has 168 valence electrons. The maximum absolute atomic E-state index is 13.8. The van der Waals surface area contributed by atoms with Gasteiger partial charge in [0.15, 0.2) is 6.61 Å². The van der Waals surface area contributed by atoms with Crippen LogP contribution in [0.15, 0.2) is 76.1 Å². The van der Waals surface area contributed by atoms with Crippen molar-refractivity contribution in [1.82, 2.24) is 4.72 Å². The lowest BCUT2D eigenvalue weighted by Gasteiger charge is -2.15. The SMILES string of the molecule is CC(NS(=O)(=O)c1ccc(OCC(=O)Nc2ccc(Br)cc2F)c(Cl)c1)c1ccccc1. The molecule has 0 aromatic heterocycles. The smallest absolute Gasteiger partial charge is 0.262 e. The minimum atomic E-state index is -3.84. The average molecular weight is 542 g/mol. The number of nitrogens with one attached hydrogen (secondary N) is 2. The minimum absolute atomic E-state index is 0.00736. The van der Waals surface area contributed by atoms with E-state index in [2.05, 4.69) is 26.0 Å². The Kier molecular flexibility index (Phi) is 7.89. The molecule has 0 heterocycles. The number of amides is 1. The summed E-state index contributed by atoms with van der Waals surface area (Å²) in [6.07, 6.45) is 0. The summed E-state index contributed by atoms with van der Waals surface area (Å²) in [4.78, 5) is 12.0. The molecule has 0 bridgehead atoms. The second-order valence-corrected chi connectivity index (χ2v) is 9.84. The zero-order valence-electron chi connectivity index (χ0n) is 16.8. The van der Waals surface area contributed by atoms with Crippen molar-refractivity contribution in [2.75, 3.05) is 11.9 Å². The summed E-state index contributed by atoms with van der Waals surface area (Å²) in [6, 6.07) is 16.8. The molecule has 3 rings (SSSR count). The maximum atomic E-state index is 13.8. The highest BCUT2D eigenvalue weighted by molar-refractivity contribution is 9.10. The van der Waals surface area contributed by atoms with Crippen LogP contribution in [0.25, 0.3) is 0 Å². The minimum Gasteiger partial charge on any atom is -0.482 e. The van der Waals surface area contributed by atoms with Crippen LogP contribution in [0.1, 0.15) is 18.5 Å². The van der Waals surface area contributed by atoms with Gasteiger partial charge in [0.1, 0.15) is 11.6 Å². The number of sulfonamides is 1. The summed E-state index contributed by atoms with van der Waals surface area (Å²) in [7, 11) is -3.84. The molecule has 0 radical (unpaired) electrons. The first-order chi connectivity index (χ1) is 15.2. The average Bonchev–Trinajstić information content (AvgIpc) is 2.75. The molecule has 0 spiro atoms. The van der Waals surface area contributed by atoms with E-state index >= 15 is 0 Å². The molecule has 0 saturated heterocycles. The van der Waals surface area contributed by atoms with E-state index in [1.165, 1.54) is 30.3 Å². The number of carbonyl (C=O) groups is 1. The van der Waals surface area contributed by atoms with Gasteiger partial charge in [-0.3, -0.25) is 4.79 Å². The van der Waals surface area contributed by atoms with Gasteiger partial charge in [-0.15, -0.1) is 0 Å². The van der Waals surface area contributed by atoms with Crippen LogP contribution >= 0.6 is 27.5 Å². The summed E-state index contributed by atoms with van der Waals surface area (Å²) < 4.78 is 47.7. The Hall–Kier alpha value is -2.46. The summed E-state index contributed by atoms with van der Waals surface area (Å²) in [5, 5.41) is 2.41. The van der Waals surface area contributed by atoms with Crippen LogP contribution in [-0.2, 0) is 14.8 Å². The monoisotopic (exact) mass is 540 g/mol. The zero-order chi connectivity index (χ0) is 23.3. The molecule has 2 N–H and O–H groups in total. The number of rotatable bonds is 8. The second-order valence-electron chi connectivity index (χ2n) is 6.81. The Morgan fingerprint density at radius 3 is 2.50 bits per heavy atom. The predicted octanol–water partition coefficient (Wildman–Crippen LogP) is 5.30. The quantitative estimate of drug-likeness (QED) is 0.405. The third-order valence-corrected chi connectivity index (χ3v) is 6.74. The van der Waals surface area contributed by atoms with Crippen LogP contribution in [0.5, 0.6) is 5.75 Å². The van der Waals surface area contributed by atoms with Gasteiger partial charge in [0.2, 0.25) is 10.0 Å². The normalized spacial score (nSPS) is 12.2. The van der Waals surface area contributed by atoms with Gasteiger partial charge in [0, 0.05) is 10.5 Å². The van der Waals surface area contributed by atoms with E-state index in [1.807, 2.05) is 30.3 Å². The maximum Gasteiger partial charge on any atom is 0.262 e. The van der Waals surface area contributed by atoms with E-state index in [0.29, 0.717) is 4.47 Å². The lowest BCUT2D eigenvalue weighted by Crippen LogP contribution is -2.27. The van der Waals surface area contributed by atoms with Crippen LogP contribution in [0.4, 0.5) is 10.1 Å². The van der Waals surface area contributed by atoms with Crippen molar-refractivity contribution in [2.45, 2.75) is 17.9 Å². The van der Waals surface area contributed by atoms with Crippen LogP contribution in [0.3, 0.4) is 0 Å². The number of benzene rings is 3. The fourth-order valence-corrected chi connectivity index (χ4v) is 4.69. The molecule has 10 heteroatoms. The number of halogens is 3. The van der Waals surface area contributed by atoms with Gasteiger partial charge in [-0.1, -0.05) is 57.9 Å². The van der Waals surface area contributed by atoms with Gasteiger partial charge < -0.3 is 10.1 Å². The molecular weight excluding hydrogens is 523 g/mol. The topological polar surface area (TPSA) is 84.5 Å². The fourth-order valence-electron chi connectivity index (χ4n) is 2.80. The Morgan fingerprint density at radius 2 is 1.84 bits per heavy atom. The second kappa shape index (κ2) is 10.4. The van der Waals surface area contributed by atoms with Crippen molar-refractivity contribution in [2.24, 2.45) is 0 Å². The molecule has 3 aromatic rings. The first-order valence-corrected chi connectivity index (χ1v) is 12.1. The van der Waals surface area contributed by atoms with E-state index in [1.54, 1.807) is 13.0 Å². The molecule has 0 saturated carbocycles. The molecule has 3 aromatic carbocycles. The highest BCUT2D eigenvalue weighted by Gasteiger charge is 2.20. The molecule has 32 heavy (non-hydrogen) atoms. The molecule has 1 atom stereocenters. The molecule has 0 aliphatic heterocycles. The van der Waals surface area contributed by atoms with Gasteiger partial charge in [0.25, 0.3) is 5.91 Å². The van der Waals surface area contributed by atoms with Crippen molar-refractivity contribution in [3.8, 4) is 5.75 Å². The van der Waals surface area contributed by atoms with Gasteiger partial charge in [-0.25, -0.2) is 17.5 Å². The van der Waals surface area contributed by atoms with Crippen LogP contribution < -0.4 is 14.8 Å². The van der Waals surface area contributed by atoms with Crippen molar-refractivity contribution in [3.63, 3.8) is 0 Å². The van der Waals surface area contributed by atoms with E-state index in [9.17, 15) is 17.6 Å². The van der Waals surface area contributed by atoms with Gasteiger partial charge in [0.05, 0.1) is 15.6 Å². The molecular formula is C22H19BrClFN2O4S. The highest BCUT2D eigenvalue weighted by atomic mass is 79.9. The fraction of sp³-hybridized carbons (Fsp3) is 0.136. The van der Waals surface area contributed by atoms with Crippen molar-refractivity contribution in [1.29, 1.82) is 0 Å². The summed E-state index contributed by atoms with van der Waals surface area (Å²) in [6.45, 7) is 1.30. The predicted molar refractivity (Wildman–Crippen MR) is 125 cm³/mol. The molecule has 0 aliphatic rings. The van der Waals surface area contributed by atoms with E-state index in [0.717, 1.165) is 5.56 Å². The lowest BCUT2D eigenvalue weighted by atomic mass is 10.1. The van der Waals surface area contributed by atoms with Gasteiger partial charge in [-0.2, -0.15) is 0 Å². The van der Waals surface area contributed by atoms with E-state index in [-0.39, 0.29) is 21.4 Å². The number of hydrogen-bond donors (Lipinski definition) is 2. The Bertz CT molecular complexity index is 1230. The Labute approximate surface area is 198 Å². The number of hydrogen-bond acceptors (Lipinski definition) is 4. The van der Waals surface area contributed by atoms with Gasteiger partial charge >= 0.3 is 0 Å². The van der Waals surface area contributed by atoms with Crippen LogP contribution in [0, 0.1) is 5.82 Å². The number of anilines is 1. The number of ether oxygens (including phenoxy) is 1. The summed E-state index contributed by atoms with van der Waals surface area (Å²) >= 11 is 9.30. The van der Waals surface area contributed by atoms with E-state index < -0.39 is 34.4 Å². The lowest BCUT2D eigenvalue weighted by molar-refractivity contribution is -0.118. The van der Waals surface area contributed by atoms with Gasteiger partial charge in [-0.05, 0) is 48.9 Å². The van der Waals surface area contributed by atoms with Crippen LogP contribution in [-0.4, -0.2) is 20.9 Å². The van der Waals surface area contributed by atoms with Crippen molar-refractivity contribution in [3.05, 3.63) is 87.6 Å². The Morgan fingerprint density at radius 1 is 1.12 bits per heavy atom. The summed E-state index contributed by atoms with van der Waals surface area (Å²) in [5.74, 6) is -1.08. The molecule has 0 fully saturated rings. The highest BCUT2D eigenvalue weighted by Crippen LogP contribution is 2.28. The van der Waals surface area contributed by atoms with Crippen molar-refractivity contribution >= 4 is 49.1 Å². The van der Waals surface area contributed by atoms with E-state index in [4.69, 9.17) is 16.3 Å². The largest absolute Gasteiger partial charge is 0.482 e. The number of carbonyl (C=O) groups excluding carboxylic acids is 1.